The smallest absolute Gasteiger partial charge is 0.405 e. The average molecular weight is 147 g/mol. The van der Waals surface area contributed by atoms with Gasteiger partial charge in [-0.2, -0.15) is 0 Å². The van der Waals surface area contributed by atoms with Crippen LogP contribution in [-0.2, 0) is 9.53 Å². The Morgan fingerprint density at radius 2 is 2.20 bits per heavy atom. The van der Waals surface area contributed by atoms with E-state index in [1.165, 1.54) is 0 Å². The van der Waals surface area contributed by atoms with Gasteiger partial charge in [-0.3, -0.25) is 0 Å². The van der Waals surface area contributed by atoms with Crippen LogP contribution in [0.15, 0.2) is 0 Å². The van der Waals surface area contributed by atoms with E-state index in [9.17, 15) is 9.59 Å². The fourth-order valence-electron chi connectivity index (χ4n) is 0.449. The van der Waals surface area contributed by atoms with Crippen LogP contribution in [0, 0.1) is 0 Å². The average Bonchev–Trinajstić information content (AvgIpc) is 1.81. The molecule has 1 amide bonds. The Balaban J connectivity index is 3.83. The van der Waals surface area contributed by atoms with Gasteiger partial charge < -0.3 is 15.6 Å². The molecule has 1 unspecified atom stereocenters. The standard InChI is InChI=1S/C5H9NO4/c1-2-3(4(7)8)10-5(6)9/h3H,2H2,1H3,(H2,6,9)(H,7,8). The van der Waals surface area contributed by atoms with Crippen molar-refractivity contribution in [2.45, 2.75) is 19.4 Å². The Labute approximate surface area is 57.8 Å². The van der Waals surface area contributed by atoms with Crippen LogP contribution in [0.5, 0.6) is 0 Å². The predicted molar refractivity (Wildman–Crippen MR) is 32.4 cm³/mol. The number of ether oxygens (including phenoxy) is 1. The second-order valence-corrected chi connectivity index (χ2v) is 1.67. The van der Waals surface area contributed by atoms with Crippen molar-refractivity contribution >= 4 is 12.1 Å². The van der Waals surface area contributed by atoms with Gasteiger partial charge in [0.1, 0.15) is 0 Å². The van der Waals surface area contributed by atoms with Crippen LogP contribution in [0.4, 0.5) is 4.79 Å². The van der Waals surface area contributed by atoms with E-state index >= 15 is 0 Å². The number of hydrogen-bond donors (Lipinski definition) is 2. The maximum absolute atomic E-state index is 10.1. The lowest BCUT2D eigenvalue weighted by Crippen LogP contribution is -2.28. The molecule has 0 saturated heterocycles. The summed E-state index contributed by atoms with van der Waals surface area (Å²) in [6.07, 6.45) is -1.95. The van der Waals surface area contributed by atoms with Crippen molar-refractivity contribution in [1.29, 1.82) is 0 Å². The quantitative estimate of drug-likeness (QED) is 0.585. The Kier molecular flexibility index (Phi) is 3.24. The minimum absolute atomic E-state index is 0.221. The molecule has 5 heteroatoms. The number of carboxylic acids is 1. The van der Waals surface area contributed by atoms with Crippen molar-refractivity contribution in [2.75, 3.05) is 0 Å². The fraction of sp³-hybridized carbons (Fsp3) is 0.600. The first-order valence-corrected chi connectivity index (χ1v) is 2.76. The number of rotatable bonds is 3. The molecule has 0 aromatic heterocycles. The number of amides is 1. The molecule has 0 heterocycles. The first kappa shape index (κ1) is 8.74. The molecule has 3 N–H and O–H groups in total. The maximum atomic E-state index is 10.1. The highest BCUT2D eigenvalue weighted by Gasteiger charge is 2.17. The summed E-state index contributed by atoms with van der Waals surface area (Å²) in [5.41, 5.74) is 4.58. The molecule has 0 bridgehead atoms. The van der Waals surface area contributed by atoms with Crippen LogP contribution in [0.1, 0.15) is 13.3 Å². The molecule has 5 nitrogen and oxygen atoms in total. The first-order valence-electron chi connectivity index (χ1n) is 2.76. The fourth-order valence-corrected chi connectivity index (χ4v) is 0.449. The number of hydrogen-bond acceptors (Lipinski definition) is 3. The molecule has 0 fully saturated rings. The molecule has 0 aromatic rings. The molecule has 0 aliphatic heterocycles. The second kappa shape index (κ2) is 3.71. The largest absolute Gasteiger partial charge is 0.479 e. The highest BCUT2D eigenvalue weighted by Crippen LogP contribution is 1.96. The van der Waals surface area contributed by atoms with E-state index in [-0.39, 0.29) is 6.42 Å². The van der Waals surface area contributed by atoms with E-state index in [4.69, 9.17) is 5.11 Å². The number of primary amides is 1. The SMILES string of the molecule is CCC(OC(N)=O)C(=O)O. The molecule has 10 heavy (non-hydrogen) atoms. The molecule has 0 saturated carbocycles. The van der Waals surface area contributed by atoms with Crippen molar-refractivity contribution in [3.05, 3.63) is 0 Å². The van der Waals surface area contributed by atoms with Gasteiger partial charge in [0.05, 0.1) is 0 Å². The van der Waals surface area contributed by atoms with E-state index in [1.807, 2.05) is 0 Å². The lowest BCUT2D eigenvalue weighted by atomic mass is 10.3. The second-order valence-electron chi connectivity index (χ2n) is 1.67. The van der Waals surface area contributed by atoms with E-state index in [0.717, 1.165) is 0 Å². The normalized spacial score (nSPS) is 12.1. The van der Waals surface area contributed by atoms with Crippen molar-refractivity contribution < 1.29 is 19.4 Å². The molecule has 0 aromatic carbocycles. The Bertz CT molecular complexity index is 145. The lowest BCUT2D eigenvalue weighted by Gasteiger charge is -2.07. The number of aliphatic carboxylic acids is 1. The molecule has 0 spiro atoms. The van der Waals surface area contributed by atoms with E-state index in [1.54, 1.807) is 6.92 Å². The summed E-state index contributed by atoms with van der Waals surface area (Å²) in [5.74, 6) is -1.18. The molecular formula is C5H9NO4. The first-order chi connectivity index (χ1) is 4.57. The Morgan fingerprint density at radius 1 is 1.70 bits per heavy atom. The van der Waals surface area contributed by atoms with Gasteiger partial charge in [0.25, 0.3) is 0 Å². The third-order valence-electron chi connectivity index (χ3n) is 0.905. The van der Waals surface area contributed by atoms with Gasteiger partial charge in [0.15, 0.2) is 6.10 Å². The van der Waals surface area contributed by atoms with Gasteiger partial charge >= 0.3 is 12.1 Å². The van der Waals surface area contributed by atoms with Crippen LogP contribution in [0.25, 0.3) is 0 Å². The van der Waals surface area contributed by atoms with Crippen molar-refractivity contribution in [3.63, 3.8) is 0 Å². The van der Waals surface area contributed by atoms with Crippen LogP contribution in [0.2, 0.25) is 0 Å². The highest BCUT2D eigenvalue weighted by atomic mass is 16.6. The summed E-state index contributed by atoms with van der Waals surface area (Å²) in [6, 6.07) is 0. The molecule has 0 rings (SSSR count). The molecule has 0 aliphatic carbocycles. The van der Waals surface area contributed by atoms with Gasteiger partial charge in [-0.15, -0.1) is 0 Å². The third-order valence-corrected chi connectivity index (χ3v) is 0.905. The lowest BCUT2D eigenvalue weighted by molar-refractivity contribution is -0.146. The summed E-state index contributed by atoms with van der Waals surface area (Å²) < 4.78 is 4.20. The number of carbonyl (C=O) groups excluding carboxylic acids is 1. The maximum Gasteiger partial charge on any atom is 0.405 e. The third kappa shape index (κ3) is 2.91. The van der Waals surface area contributed by atoms with Gasteiger partial charge in [0.2, 0.25) is 0 Å². The Hall–Kier alpha value is -1.26. The van der Waals surface area contributed by atoms with Crippen LogP contribution < -0.4 is 5.73 Å². The number of carbonyl (C=O) groups is 2. The Morgan fingerprint density at radius 3 is 2.30 bits per heavy atom. The molecular weight excluding hydrogens is 138 g/mol. The summed E-state index contributed by atoms with van der Waals surface area (Å²) in [4.78, 5) is 20.1. The van der Waals surface area contributed by atoms with Crippen LogP contribution in [0.3, 0.4) is 0 Å². The van der Waals surface area contributed by atoms with Crippen molar-refractivity contribution in [1.82, 2.24) is 0 Å². The molecule has 0 aliphatic rings. The summed E-state index contributed by atoms with van der Waals surface area (Å²) in [7, 11) is 0. The van der Waals surface area contributed by atoms with Crippen molar-refractivity contribution in [2.24, 2.45) is 5.73 Å². The molecule has 1 atom stereocenters. The minimum atomic E-state index is -1.18. The van der Waals surface area contributed by atoms with Gasteiger partial charge in [0, 0.05) is 0 Å². The number of carboxylic acid groups (broad SMARTS) is 1. The zero-order valence-corrected chi connectivity index (χ0v) is 5.53. The van der Waals surface area contributed by atoms with E-state index in [0.29, 0.717) is 0 Å². The topological polar surface area (TPSA) is 89.6 Å². The summed E-state index contributed by atoms with van der Waals surface area (Å²) in [5, 5.41) is 8.29. The van der Waals surface area contributed by atoms with Crippen LogP contribution in [-0.4, -0.2) is 23.3 Å². The van der Waals surface area contributed by atoms with Gasteiger partial charge in [-0.1, -0.05) is 6.92 Å². The minimum Gasteiger partial charge on any atom is -0.479 e. The zero-order valence-electron chi connectivity index (χ0n) is 5.53. The number of nitrogens with two attached hydrogens (primary N) is 1. The zero-order chi connectivity index (χ0) is 8.15. The van der Waals surface area contributed by atoms with Gasteiger partial charge in [-0.05, 0) is 6.42 Å². The molecule has 58 valence electrons. The van der Waals surface area contributed by atoms with E-state index < -0.39 is 18.2 Å². The molecule has 0 radical (unpaired) electrons. The van der Waals surface area contributed by atoms with E-state index in [2.05, 4.69) is 10.5 Å². The van der Waals surface area contributed by atoms with Gasteiger partial charge in [-0.25, -0.2) is 9.59 Å². The summed E-state index contributed by atoms with van der Waals surface area (Å²) in [6.45, 7) is 1.59. The van der Waals surface area contributed by atoms with Crippen LogP contribution >= 0.6 is 0 Å². The summed E-state index contributed by atoms with van der Waals surface area (Å²) >= 11 is 0. The highest BCUT2D eigenvalue weighted by molar-refractivity contribution is 5.76. The predicted octanol–water partition coefficient (Wildman–Crippen LogP) is -0.0551. The van der Waals surface area contributed by atoms with Crippen molar-refractivity contribution in [3.8, 4) is 0 Å². The monoisotopic (exact) mass is 147 g/mol.